The maximum Gasteiger partial charge on any atom is 0.243 e. The molecule has 2 aromatic heterocycles. The molecular weight excluding hydrogens is 290 g/mol. The third-order valence-electron chi connectivity index (χ3n) is 3.45. The van der Waals surface area contributed by atoms with Gasteiger partial charge in [-0.1, -0.05) is 0 Å². The second kappa shape index (κ2) is 6.40. The van der Waals surface area contributed by atoms with Crippen LogP contribution in [0.5, 0.6) is 0 Å². The predicted octanol–water partition coefficient (Wildman–Crippen LogP) is 1.55. The van der Waals surface area contributed by atoms with Gasteiger partial charge in [0.05, 0.1) is 12.3 Å². The highest BCUT2D eigenvalue weighted by Gasteiger charge is 2.22. The van der Waals surface area contributed by atoms with E-state index in [2.05, 4.69) is 15.4 Å². The number of methoxy groups -OCH3 is 1. The summed E-state index contributed by atoms with van der Waals surface area (Å²) in [5.74, 6) is -0.0921. The number of rotatable bonds is 6. The summed E-state index contributed by atoms with van der Waals surface area (Å²) < 4.78 is 9.14. The molecule has 2 rings (SSSR count). The van der Waals surface area contributed by atoms with Crippen molar-refractivity contribution in [2.75, 3.05) is 20.3 Å². The molecule has 8 heteroatoms. The third-order valence-corrected chi connectivity index (χ3v) is 3.75. The summed E-state index contributed by atoms with van der Waals surface area (Å²) in [7, 11) is 1.60. The average molecular weight is 311 g/mol. The van der Waals surface area contributed by atoms with Crippen molar-refractivity contribution in [2.24, 2.45) is 0 Å². The van der Waals surface area contributed by atoms with Crippen LogP contribution in [-0.4, -0.2) is 45.5 Å². The number of H-pyrrole nitrogens is 1. The van der Waals surface area contributed by atoms with Crippen LogP contribution in [0, 0.1) is 11.7 Å². The molecule has 2 heterocycles. The zero-order chi connectivity index (χ0) is 15.6. The van der Waals surface area contributed by atoms with Gasteiger partial charge in [-0.25, -0.2) is 4.68 Å². The van der Waals surface area contributed by atoms with Gasteiger partial charge < -0.3 is 15.0 Å². The lowest BCUT2D eigenvalue weighted by atomic mass is 10.3. The number of aromatic amines is 1. The first-order valence-corrected chi connectivity index (χ1v) is 7.36. The van der Waals surface area contributed by atoms with Crippen molar-refractivity contribution >= 4 is 29.3 Å². The molecule has 0 saturated heterocycles. The lowest BCUT2D eigenvalue weighted by molar-refractivity contribution is -0.124. The number of aryl methyl sites for hydroxylation is 2. The predicted molar refractivity (Wildman–Crippen MR) is 82.9 cm³/mol. The lowest BCUT2D eigenvalue weighted by Crippen LogP contribution is -2.33. The van der Waals surface area contributed by atoms with Gasteiger partial charge in [0.2, 0.25) is 5.91 Å². The Labute approximate surface area is 128 Å². The van der Waals surface area contributed by atoms with E-state index in [-0.39, 0.29) is 5.91 Å². The fourth-order valence-corrected chi connectivity index (χ4v) is 2.69. The van der Waals surface area contributed by atoms with Crippen LogP contribution in [0.25, 0.3) is 11.2 Å². The minimum atomic E-state index is -0.412. The minimum Gasteiger partial charge on any atom is -0.383 e. The number of nitrogens with one attached hydrogen (secondary N) is 2. The van der Waals surface area contributed by atoms with Gasteiger partial charge in [0.25, 0.3) is 0 Å². The van der Waals surface area contributed by atoms with Gasteiger partial charge in [0.15, 0.2) is 10.4 Å². The molecule has 0 radical (unpaired) electrons. The van der Waals surface area contributed by atoms with Crippen molar-refractivity contribution in [3.05, 3.63) is 10.5 Å². The number of fused-ring (bicyclic) bond motifs is 1. The van der Waals surface area contributed by atoms with Crippen LogP contribution in [-0.2, 0) is 16.1 Å². The monoisotopic (exact) mass is 311 g/mol. The molecule has 0 spiro atoms. The highest BCUT2D eigenvalue weighted by molar-refractivity contribution is 7.71. The molecule has 2 aromatic rings. The van der Waals surface area contributed by atoms with E-state index in [0.29, 0.717) is 17.9 Å². The molecule has 21 heavy (non-hydrogen) atoms. The van der Waals surface area contributed by atoms with Crippen LogP contribution >= 0.6 is 12.2 Å². The van der Waals surface area contributed by atoms with Crippen LogP contribution in [0.1, 0.15) is 25.6 Å². The molecule has 0 aliphatic rings. The Morgan fingerprint density at radius 1 is 1.57 bits per heavy atom. The zero-order valence-electron chi connectivity index (χ0n) is 12.8. The number of aromatic nitrogens is 4. The number of carbonyl (C=O) groups is 1. The SMILES string of the molecule is CCn1nc(C)c2[nH]c(=S)n(C(C)C(=O)NCCOC)c21. The molecule has 0 aliphatic carbocycles. The lowest BCUT2D eigenvalue weighted by Gasteiger charge is -2.15. The summed E-state index contributed by atoms with van der Waals surface area (Å²) >= 11 is 5.37. The molecular formula is C13H21N5O2S. The summed E-state index contributed by atoms with van der Waals surface area (Å²) in [4.78, 5) is 15.4. The van der Waals surface area contributed by atoms with Crippen LogP contribution in [0.3, 0.4) is 0 Å². The van der Waals surface area contributed by atoms with E-state index in [1.807, 2.05) is 30.0 Å². The van der Waals surface area contributed by atoms with Crippen molar-refractivity contribution in [3.8, 4) is 0 Å². The molecule has 0 fully saturated rings. The van der Waals surface area contributed by atoms with E-state index in [1.54, 1.807) is 7.11 Å². The van der Waals surface area contributed by atoms with Gasteiger partial charge in [-0.05, 0) is 33.0 Å². The Morgan fingerprint density at radius 3 is 2.90 bits per heavy atom. The van der Waals surface area contributed by atoms with Crippen molar-refractivity contribution in [3.63, 3.8) is 0 Å². The van der Waals surface area contributed by atoms with Gasteiger partial charge in [0, 0.05) is 20.2 Å². The topological polar surface area (TPSA) is 76.9 Å². The van der Waals surface area contributed by atoms with Crippen LogP contribution in [0.15, 0.2) is 0 Å². The first kappa shape index (κ1) is 15.7. The van der Waals surface area contributed by atoms with Gasteiger partial charge >= 0.3 is 0 Å². The molecule has 1 unspecified atom stereocenters. The Morgan fingerprint density at radius 2 is 2.29 bits per heavy atom. The highest BCUT2D eigenvalue weighted by atomic mass is 32.1. The Bertz CT molecular complexity index is 699. The third kappa shape index (κ3) is 2.86. The molecule has 1 amide bonds. The van der Waals surface area contributed by atoms with Crippen molar-refractivity contribution < 1.29 is 9.53 Å². The Kier molecular flexibility index (Phi) is 4.79. The maximum atomic E-state index is 12.2. The first-order chi connectivity index (χ1) is 10.0. The van der Waals surface area contributed by atoms with E-state index >= 15 is 0 Å². The first-order valence-electron chi connectivity index (χ1n) is 6.95. The normalized spacial score (nSPS) is 12.8. The summed E-state index contributed by atoms with van der Waals surface area (Å²) in [5.41, 5.74) is 2.62. The molecule has 1 atom stereocenters. The number of hydrogen-bond acceptors (Lipinski definition) is 4. The molecule has 0 aromatic carbocycles. The van der Waals surface area contributed by atoms with E-state index in [9.17, 15) is 4.79 Å². The zero-order valence-corrected chi connectivity index (χ0v) is 13.6. The van der Waals surface area contributed by atoms with Gasteiger partial charge in [-0.2, -0.15) is 5.10 Å². The van der Waals surface area contributed by atoms with Gasteiger partial charge in [0.1, 0.15) is 11.6 Å². The van der Waals surface area contributed by atoms with Crippen molar-refractivity contribution in [2.45, 2.75) is 33.4 Å². The van der Waals surface area contributed by atoms with Crippen LogP contribution < -0.4 is 5.32 Å². The highest BCUT2D eigenvalue weighted by Crippen LogP contribution is 2.22. The number of imidazole rings is 1. The van der Waals surface area contributed by atoms with Crippen LogP contribution in [0.2, 0.25) is 0 Å². The number of carbonyl (C=O) groups excluding carboxylic acids is 1. The van der Waals surface area contributed by atoms with Gasteiger partial charge in [-0.15, -0.1) is 0 Å². The Hall–Kier alpha value is -1.67. The summed E-state index contributed by atoms with van der Waals surface area (Å²) in [6.45, 7) is 7.44. The Balaban J connectivity index is 2.38. The number of hydrogen-bond donors (Lipinski definition) is 2. The van der Waals surface area contributed by atoms with E-state index in [0.717, 1.165) is 23.4 Å². The van der Waals surface area contributed by atoms with E-state index in [4.69, 9.17) is 17.0 Å². The number of ether oxygens (including phenoxy) is 1. The maximum absolute atomic E-state index is 12.2. The smallest absolute Gasteiger partial charge is 0.243 e. The second-order valence-electron chi connectivity index (χ2n) is 4.86. The van der Waals surface area contributed by atoms with E-state index in [1.165, 1.54) is 0 Å². The largest absolute Gasteiger partial charge is 0.383 e. The fraction of sp³-hybridized carbons (Fsp3) is 0.615. The fourth-order valence-electron chi connectivity index (χ4n) is 2.34. The number of nitrogens with zero attached hydrogens (tertiary/aromatic N) is 3. The van der Waals surface area contributed by atoms with Gasteiger partial charge in [-0.3, -0.25) is 9.36 Å². The molecule has 0 bridgehead atoms. The van der Waals surface area contributed by atoms with Crippen LogP contribution in [0.4, 0.5) is 0 Å². The summed E-state index contributed by atoms with van der Waals surface area (Å²) in [5, 5.41) is 7.29. The standard InChI is InChI=1S/C13H21N5O2S/c1-5-17-12-10(8(2)16-17)15-13(21)18(12)9(3)11(19)14-6-7-20-4/h9H,5-7H2,1-4H3,(H,14,19)(H,15,21). The number of amides is 1. The van der Waals surface area contributed by atoms with Crippen molar-refractivity contribution in [1.29, 1.82) is 0 Å². The molecule has 0 saturated carbocycles. The van der Waals surface area contributed by atoms with Crippen molar-refractivity contribution in [1.82, 2.24) is 24.6 Å². The molecule has 2 N–H and O–H groups in total. The average Bonchev–Trinajstić information content (AvgIpc) is 2.95. The molecule has 0 aliphatic heterocycles. The molecule has 7 nitrogen and oxygen atoms in total. The van der Waals surface area contributed by atoms with E-state index < -0.39 is 6.04 Å². The molecule has 116 valence electrons. The summed E-state index contributed by atoms with van der Waals surface area (Å²) in [6.07, 6.45) is 0. The second-order valence-corrected chi connectivity index (χ2v) is 5.25. The summed E-state index contributed by atoms with van der Waals surface area (Å²) in [6, 6.07) is -0.412. The minimum absolute atomic E-state index is 0.0921. The quantitative estimate of drug-likeness (QED) is 0.627.